The third kappa shape index (κ3) is 2.94. The van der Waals surface area contributed by atoms with Crippen LogP contribution < -0.4 is 5.32 Å². The maximum atomic E-state index is 13.2. The number of nitrogens with zero attached hydrogens (tertiary/aromatic N) is 2. The van der Waals surface area contributed by atoms with Gasteiger partial charge < -0.3 is 5.32 Å². The lowest BCUT2D eigenvalue weighted by Gasteiger charge is -2.30. The molecular formula is C14H18FN3S. The molecule has 0 aliphatic carbocycles. The van der Waals surface area contributed by atoms with Crippen LogP contribution in [-0.4, -0.2) is 36.1 Å². The van der Waals surface area contributed by atoms with Crippen molar-refractivity contribution in [1.29, 1.82) is 0 Å². The largest absolute Gasteiger partial charge is 0.317 e. The molecule has 1 N–H and O–H groups in total. The second-order valence-electron chi connectivity index (χ2n) is 5.12. The van der Waals surface area contributed by atoms with Crippen molar-refractivity contribution in [2.24, 2.45) is 0 Å². The smallest absolute Gasteiger partial charge is 0.124 e. The first-order valence-corrected chi connectivity index (χ1v) is 7.50. The van der Waals surface area contributed by atoms with Gasteiger partial charge in [0.25, 0.3) is 0 Å². The second kappa shape index (κ2) is 5.53. The van der Waals surface area contributed by atoms with Crippen LogP contribution in [0.1, 0.15) is 17.8 Å². The van der Waals surface area contributed by atoms with Gasteiger partial charge in [-0.25, -0.2) is 9.37 Å². The Kier molecular flexibility index (Phi) is 3.77. The van der Waals surface area contributed by atoms with Gasteiger partial charge in [0.05, 0.1) is 16.8 Å². The highest BCUT2D eigenvalue weighted by atomic mass is 32.1. The van der Waals surface area contributed by atoms with E-state index in [1.807, 2.05) is 0 Å². The summed E-state index contributed by atoms with van der Waals surface area (Å²) in [6.45, 7) is 3.05. The van der Waals surface area contributed by atoms with Crippen molar-refractivity contribution in [2.75, 3.05) is 20.1 Å². The first kappa shape index (κ1) is 13.0. The normalized spacial score (nSPS) is 17.4. The van der Waals surface area contributed by atoms with E-state index in [2.05, 4.69) is 22.2 Å². The Labute approximate surface area is 116 Å². The van der Waals surface area contributed by atoms with E-state index in [4.69, 9.17) is 0 Å². The van der Waals surface area contributed by atoms with Gasteiger partial charge >= 0.3 is 0 Å². The van der Waals surface area contributed by atoms with Gasteiger partial charge in [-0.2, -0.15) is 0 Å². The molecule has 1 fully saturated rings. The molecule has 1 aromatic carbocycles. The second-order valence-corrected chi connectivity index (χ2v) is 6.23. The van der Waals surface area contributed by atoms with Crippen molar-refractivity contribution < 1.29 is 4.39 Å². The minimum atomic E-state index is -0.186. The van der Waals surface area contributed by atoms with Gasteiger partial charge in [-0.3, -0.25) is 4.90 Å². The molecule has 2 heterocycles. The number of halogens is 1. The van der Waals surface area contributed by atoms with E-state index < -0.39 is 0 Å². The molecule has 0 radical (unpaired) electrons. The number of rotatable bonds is 3. The fraction of sp³-hybridized carbons (Fsp3) is 0.500. The molecular weight excluding hydrogens is 261 g/mol. The van der Waals surface area contributed by atoms with Gasteiger partial charge in [0.1, 0.15) is 10.8 Å². The van der Waals surface area contributed by atoms with Gasteiger partial charge in [-0.15, -0.1) is 11.3 Å². The summed E-state index contributed by atoms with van der Waals surface area (Å²) in [6, 6.07) is 5.43. The third-order valence-corrected chi connectivity index (χ3v) is 4.71. The number of hydrogen-bond donors (Lipinski definition) is 1. The number of benzene rings is 1. The number of thiazole rings is 1. The van der Waals surface area contributed by atoms with Crippen LogP contribution in [0.15, 0.2) is 18.2 Å². The van der Waals surface area contributed by atoms with E-state index in [-0.39, 0.29) is 5.82 Å². The quantitative estimate of drug-likeness (QED) is 0.936. The number of piperidine rings is 1. The molecule has 102 valence electrons. The number of nitrogens with one attached hydrogen (secondary N) is 1. The van der Waals surface area contributed by atoms with Gasteiger partial charge in [0.2, 0.25) is 0 Å². The maximum absolute atomic E-state index is 13.2. The molecule has 5 heteroatoms. The number of hydrogen-bond acceptors (Lipinski definition) is 4. The van der Waals surface area contributed by atoms with Gasteiger partial charge in [-0.1, -0.05) is 0 Å². The maximum Gasteiger partial charge on any atom is 0.124 e. The zero-order valence-corrected chi connectivity index (χ0v) is 11.8. The van der Waals surface area contributed by atoms with Crippen LogP contribution in [0.2, 0.25) is 0 Å². The fourth-order valence-corrected chi connectivity index (χ4v) is 3.66. The highest BCUT2D eigenvalue weighted by Gasteiger charge is 2.18. The lowest BCUT2D eigenvalue weighted by Crippen LogP contribution is -2.40. The molecule has 1 aromatic heterocycles. The SMILES string of the molecule is CN(Cc1nc2ccc(F)cc2s1)C1CCNCC1. The lowest BCUT2D eigenvalue weighted by molar-refractivity contribution is 0.191. The highest BCUT2D eigenvalue weighted by molar-refractivity contribution is 7.18. The molecule has 0 spiro atoms. The summed E-state index contributed by atoms with van der Waals surface area (Å²) in [7, 11) is 2.16. The molecule has 3 rings (SSSR count). The summed E-state index contributed by atoms with van der Waals surface area (Å²) in [5, 5.41) is 4.45. The molecule has 0 unspecified atom stereocenters. The Balaban J connectivity index is 1.73. The summed E-state index contributed by atoms with van der Waals surface area (Å²) >= 11 is 1.60. The topological polar surface area (TPSA) is 28.2 Å². The molecule has 0 atom stereocenters. The minimum absolute atomic E-state index is 0.186. The van der Waals surface area contributed by atoms with Crippen LogP contribution >= 0.6 is 11.3 Å². The van der Waals surface area contributed by atoms with Crippen LogP contribution in [0.25, 0.3) is 10.2 Å². The Hall–Kier alpha value is -1.04. The molecule has 1 aliphatic rings. The highest BCUT2D eigenvalue weighted by Crippen LogP contribution is 2.24. The molecule has 2 aromatic rings. The molecule has 0 amide bonds. The third-order valence-electron chi connectivity index (χ3n) is 3.71. The molecule has 0 saturated carbocycles. The first-order valence-electron chi connectivity index (χ1n) is 6.68. The fourth-order valence-electron chi connectivity index (χ4n) is 2.60. The van der Waals surface area contributed by atoms with Crippen LogP contribution in [0.3, 0.4) is 0 Å². The van der Waals surface area contributed by atoms with E-state index >= 15 is 0 Å². The summed E-state index contributed by atoms with van der Waals surface area (Å²) in [4.78, 5) is 6.95. The first-order chi connectivity index (χ1) is 9.22. The Morgan fingerprint density at radius 1 is 1.42 bits per heavy atom. The summed E-state index contributed by atoms with van der Waals surface area (Å²) in [5.41, 5.74) is 0.903. The van der Waals surface area contributed by atoms with Crippen LogP contribution in [0.4, 0.5) is 4.39 Å². The average molecular weight is 279 g/mol. The van der Waals surface area contributed by atoms with E-state index in [9.17, 15) is 4.39 Å². The Morgan fingerprint density at radius 3 is 3.00 bits per heavy atom. The number of aromatic nitrogens is 1. The van der Waals surface area contributed by atoms with E-state index in [0.29, 0.717) is 6.04 Å². The zero-order valence-electron chi connectivity index (χ0n) is 11.0. The van der Waals surface area contributed by atoms with Gasteiger partial charge in [-0.05, 0) is 51.2 Å². The Bertz CT molecular complexity index is 563. The van der Waals surface area contributed by atoms with E-state index in [1.165, 1.54) is 18.9 Å². The molecule has 1 saturated heterocycles. The zero-order chi connectivity index (χ0) is 13.2. The Morgan fingerprint density at radius 2 is 2.21 bits per heavy atom. The molecule has 1 aliphatic heterocycles. The monoisotopic (exact) mass is 279 g/mol. The average Bonchev–Trinajstić information content (AvgIpc) is 2.81. The van der Waals surface area contributed by atoms with Crippen molar-refractivity contribution in [3.8, 4) is 0 Å². The van der Waals surface area contributed by atoms with Crippen molar-refractivity contribution in [1.82, 2.24) is 15.2 Å². The summed E-state index contributed by atoms with van der Waals surface area (Å²) in [6.07, 6.45) is 2.38. The predicted molar refractivity (Wildman–Crippen MR) is 76.9 cm³/mol. The minimum Gasteiger partial charge on any atom is -0.317 e. The van der Waals surface area contributed by atoms with E-state index in [1.54, 1.807) is 23.5 Å². The van der Waals surface area contributed by atoms with Crippen LogP contribution in [-0.2, 0) is 6.54 Å². The molecule has 3 nitrogen and oxygen atoms in total. The standard InChI is InChI=1S/C14H18FN3S/c1-18(11-4-6-16-7-5-11)9-14-17-12-3-2-10(15)8-13(12)19-14/h2-3,8,11,16H,4-7,9H2,1H3. The van der Waals surface area contributed by atoms with Crippen LogP contribution in [0.5, 0.6) is 0 Å². The lowest BCUT2D eigenvalue weighted by atomic mass is 10.1. The van der Waals surface area contributed by atoms with Crippen molar-refractivity contribution in [3.63, 3.8) is 0 Å². The predicted octanol–water partition coefficient (Wildman–Crippen LogP) is 2.62. The van der Waals surface area contributed by atoms with Crippen molar-refractivity contribution in [2.45, 2.75) is 25.4 Å². The molecule has 0 bridgehead atoms. The van der Waals surface area contributed by atoms with Gasteiger partial charge in [0.15, 0.2) is 0 Å². The summed E-state index contributed by atoms with van der Waals surface area (Å²) < 4.78 is 14.1. The van der Waals surface area contributed by atoms with E-state index in [0.717, 1.165) is 34.9 Å². The summed E-state index contributed by atoms with van der Waals surface area (Å²) in [5.74, 6) is -0.186. The van der Waals surface area contributed by atoms with Gasteiger partial charge in [0, 0.05) is 6.04 Å². The molecule has 19 heavy (non-hydrogen) atoms. The van der Waals surface area contributed by atoms with Crippen molar-refractivity contribution in [3.05, 3.63) is 29.0 Å². The number of fused-ring (bicyclic) bond motifs is 1. The van der Waals surface area contributed by atoms with Crippen molar-refractivity contribution >= 4 is 21.6 Å². The van der Waals surface area contributed by atoms with Crippen LogP contribution in [0, 0.1) is 5.82 Å².